The molecule has 8 heteroatoms. The van der Waals surface area contributed by atoms with Crippen LogP contribution in [0.2, 0.25) is 0 Å². The smallest absolute Gasteiger partial charge is 0.270 e. The number of nitrogens with zero attached hydrogens (tertiary/aromatic N) is 1. The Bertz CT molecular complexity index is 874. The van der Waals surface area contributed by atoms with E-state index >= 15 is 0 Å². The molecule has 1 heterocycles. The number of amides is 1. The lowest BCUT2D eigenvalue weighted by atomic mass is 10.2. The SMILES string of the molecule is COc1ccc(N2C(=O)/C(=C\c3cc(Br)c(O)c(Br)c3)SC2=S)cc1. The van der Waals surface area contributed by atoms with Gasteiger partial charge in [-0.05, 0) is 79.9 Å². The van der Waals surface area contributed by atoms with E-state index < -0.39 is 0 Å². The fourth-order valence-corrected chi connectivity index (χ4v) is 4.76. The number of thioether (sulfide) groups is 1. The predicted octanol–water partition coefficient (Wildman–Crippen LogP) is 5.33. The van der Waals surface area contributed by atoms with Crippen LogP contribution in [0.5, 0.6) is 11.5 Å². The quantitative estimate of drug-likeness (QED) is 0.455. The number of methoxy groups -OCH3 is 1. The molecule has 1 aliphatic heterocycles. The molecule has 1 saturated heterocycles. The second kappa shape index (κ2) is 7.49. The molecule has 25 heavy (non-hydrogen) atoms. The highest BCUT2D eigenvalue weighted by Gasteiger charge is 2.33. The summed E-state index contributed by atoms with van der Waals surface area (Å²) in [5.41, 5.74) is 1.46. The Morgan fingerprint density at radius 1 is 1.20 bits per heavy atom. The van der Waals surface area contributed by atoms with Gasteiger partial charge in [-0.15, -0.1) is 0 Å². The monoisotopic (exact) mass is 499 g/mol. The molecular formula is C17H11Br2NO3S2. The van der Waals surface area contributed by atoms with E-state index in [9.17, 15) is 9.90 Å². The first-order valence-electron chi connectivity index (χ1n) is 7.00. The molecule has 128 valence electrons. The molecule has 0 saturated carbocycles. The summed E-state index contributed by atoms with van der Waals surface area (Å²) in [5.74, 6) is 0.645. The van der Waals surface area contributed by atoms with Gasteiger partial charge in [-0.2, -0.15) is 0 Å². The zero-order valence-electron chi connectivity index (χ0n) is 12.8. The first-order valence-corrected chi connectivity index (χ1v) is 9.82. The lowest BCUT2D eigenvalue weighted by Crippen LogP contribution is -2.27. The number of aromatic hydroxyl groups is 1. The van der Waals surface area contributed by atoms with Crippen LogP contribution < -0.4 is 9.64 Å². The molecular weight excluding hydrogens is 490 g/mol. The Hall–Kier alpha value is -1.35. The molecule has 0 radical (unpaired) electrons. The topological polar surface area (TPSA) is 49.8 Å². The number of ether oxygens (including phenoxy) is 1. The minimum absolute atomic E-state index is 0.114. The van der Waals surface area contributed by atoms with Gasteiger partial charge in [0, 0.05) is 0 Å². The van der Waals surface area contributed by atoms with Gasteiger partial charge in [0.2, 0.25) is 0 Å². The number of hydrogen-bond donors (Lipinski definition) is 1. The van der Waals surface area contributed by atoms with Gasteiger partial charge in [-0.25, -0.2) is 0 Å². The molecule has 0 spiro atoms. The molecule has 0 bridgehead atoms. The third-order valence-electron chi connectivity index (χ3n) is 3.46. The number of phenolic OH excluding ortho intramolecular Hbond substituents is 1. The van der Waals surface area contributed by atoms with Crippen molar-refractivity contribution in [1.29, 1.82) is 0 Å². The van der Waals surface area contributed by atoms with E-state index in [1.165, 1.54) is 16.7 Å². The normalized spacial score (nSPS) is 16.0. The summed E-state index contributed by atoms with van der Waals surface area (Å²) in [7, 11) is 1.59. The van der Waals surface area contributed by atoms with Gasteiger partial charge in [0.05, 0.1) is 26.6 Å². The number of hydrogen-bond acceptors (Lipinski definition) is 5. The van der Waals surface area contributed by atoms with E-state index in [1.807, 2.05) is 0 Å². The summed E-state index contributed by atoms with van der Waals surface area (Å²) in [5, 5.41) is 9.79. The molecule has 1 N–H and O–H groups in total. The van der Waals surface area contributed by atoms with E-state index in [2.05, 4.69) is 31.9 Å². The standard InChI is InChI=1S/C17H11Br2NO3S2/c1-23-11-4-2-10(3-5-11)20-16(22)14(25-17(20)24)8-9-6-12(18)15(21)13(19)7-9/h2-8,21H,1H3/b14-8+. The van der Waals surface area contributed by atoms with Gasteiger partial charge in [-0.1, -0.05) is 24.0 Å². The Morgan fingerprint density at radius 3 is 2.36 bits per heavy atom. The van der Waals surface area contributed by atoms with E-state index in [0.717, 1.165) is 5.56 Å². The van der Waals surface area contributed by atoms with Crippen molar-refractivity contribution in [3.05, 3.63) is 55.8 Å². The lowest BCUT2D eigenvalue weighted by Gasteiger charge is -2.14. The first-order chi connectivity index (χ1) is 11.9. The highest BCUT2D eigenvalue weighted by Crippen LogP contribution is 2.38. The summed E-state index contributed by atoms with van der Waals surface area (Å²) in [4.78, 5) is 14.8. The minimum Gasteiger partial charge on any atom is -0.506 e. The fourth-order valence-electron chi connectivity index (χ4n) is 2.24. The molecule has 4 nitrogen and oxygen atoms in total. The largest absolute Gasteiger partial charge is 0.506 e. The van der Waals surface area contributed by atoms with Gasteiger partial charge in [0.15, 0.2) is 4.32 Å². The van der Waals surface area contributed by atoms with Crippen LogP contribution in [-0.2, 0) is 4.79 Å². The molecule has 0 aromatic heterocycles. The summed E-state index contributed by atoms with van der Waals surface area (Å²) in [6.07, 6.45) is 1.75. The van der Waals surface area contributed by atoms with Crippen molar-refractivity contribution in [1.82, 2.24) is 0 Å². The Balaban J connectivity index is 1.92. The van der Waals surface area contributed by atoms with Crippen molar-refractivity contribution in [3.8, 4) is 11.5 Å². The molecule has 2 aromatic carbocycles. The van der Waals surface area contributed by atoms with Gasteiger partial charge >= 0.3 is 0 Å². The molecule has 0 unspecified atom stereocenters. The zero-order chi connectivity index (χ0) is 18.1. The van der Waals surface area contributed by atoms with E-state index in [4.69, 9.17) is 17.0 Å². The van der Waals surface area contributed by atoms with Crippen molar-refractivity contribution in [3.63, 3.8) is 0 Å². The molecule has 0 aliphatic carbocycles. The fraction of sp³-hybridized carbons (Fsp3) is 0.0588. The minimum atomic E-state index is -0.180. The molecule has 1 aliphatic rings. The summed E-state index contributed by atoms with van der Waals surface area (Å²) < 4.78 is 6.69. The number of benzene rings is 2. The maximum Gasteiger partial charge on any atom is 0.270 e. The Kier molecular flexibility index (Phi) is 5.52. The number of thiocarbonyl (C=S) groups is 1. The lowest BCUT2D eigenvalue weighted by molar-refractivity contribution is -0.113. The van der Waals surface area contributed by atoms with Crippen LogP contribution in [0.25, 0.3) is 6.08 Å². The van der Waals surface area contributed by atoms with Gasteiger partial charge < -0.3 is 9.84 Å². The first kappa shape index (κ1) is 18.4. The Labute approximate surface area is 171 Å². The second-order valence-corrected chi connectivity index (χ2v) is 8.43. The summed E-state index contributed by atoms with van der Waals surface area (Å²) >= 11 is 13.2. The number of halogens is 2. The van der Waals surface area contributed by atoms with Crippen LogP contribution in [0, 0.1) is 0 Å². The van der Waals surface area contributed by atoms with Gasteiger partial charge in [-0.3, -0.25) is 9.69 Å². The number of anilines is 1. The zero-order valence-corrected chi connectivity index (χ0v) is 17.6. The summed E-state index contributed by atoms with van der Waals surface area (Å²) in [6.45, 7) is 0. The van der Waals surface area contributed by atoms with Gasteiger partial charge in [0.25, 0.3) is 5.91 Å². The number of carbonyl (C=O) groups excluding carboxylic acids is 1. The molecule has 1 amide bonds. The highest BCUT2D eigenvalue weighted by atomic mass is 79.9. The predicted molar refractivity (Wildman–Crippen MR) is 112 cm³/mol. The second-order valence-electron chi connectivity index (χ2n) is 5.05. The van der Waals surface area contributed by atoms with Crippen LogP contribution in [0.4, 0.5) is 5.69 Å². The van der Waals surface area contributed by atoms with E-state index in [-0.39, 0.29) is 11.7 Å². The van der Waals surface area contributed by atoms with Crippen molar-refractivity contribution in [2.24, 2.45) is 0 Å². The number of rotatable bonds is 3. The van der Waals surface area contributed by atoms with Crippen molar-refractivity contribution in [2.75, 3.05) is 12.0 Å². The molecule has 3 rings (SSSR count). The maximum atomic E-state index is 12.8. The Morgan fingerprint density at radius 2 is 1.80 bits per heavy atom. The van der Waals surface area contributed by atoms with Gasteiger partial charge in [0.1, 0.15) is 11.5 Å². The van der Waals surface area contributed by atoms with Crippen LogP contribution in [0.1, 0.15) is 5.56 Å². The summed E-state index contributed by atoms with van der Waals surface area (Å²) in [6, 6.07) is 10.6. The average molecular weight is 501 g/mol. The van der Waals surface area contributed by atoms with Crippen LogP contribution in [-0.4, -0.2) is 22.4 Å². The van der Waals surface area contributed by atoms with E-state index in [0.29, 0.717) is 29.6 Å². The number of carbonyl (C=O) groups is 1. The van der Waals surface area contributed by atoms with Crippen molar-refractivity contribution < 1.29 is 14.6 Å². The van der Waals surface area contributed by atoms with Crippen LogP contribution >= 0.6 is 55.8 Å². The van der Waals surface area contributed by atoms with Crippen LogP contribution in [0.3, 0.4) is 0 Å². The molecule has 2 aromatic rings. The third-order valence-corrected chi connectivity index (χ3v) is 5.97. The number of phenols is 1. The average Bonchev–Trinajstić information content (AvgIpc) is 2.86. The van der Waals surface area contributed by atoms with E-state index in [1.54, 1.807) is 49.6 Å². The van der Waals surface area contributed by atoms with Crippen LogP contribution in [0.15, 0.2) is 50.2 Å². The maximum absolute atomic E-state index is 12.8. The highest BCUT2D eigenvalue weighted by molar-refractivity contribution is 9.11. The van der Waals surface area contributed by atoms with Crippen molar-refractivity contribution >= 4 is 77.8 Å². The molecule has 0 atom stereocenters. The van der Waals surface area contributed by atoms with Crippen molar-refractivity contribution in [2.45, 2.75) is 0 Å². The molecule has 1 fully saturated rings. The third kappa shape index (κ3) is 3.76.